The summed E-state index contributed by atoms with van der Waals surface area (Å²) >= 11 is 0. The molecule has 0 spiro atoms. The zero-order valence-corrected chi connectivity index (χ0v) is 20.4. The molecule has 4 N–H and O–H groups in total. The van der Waals surface area contributed by atoms with Crippen LogP contribution in [0.4, 0.5) is 0 Å². The SMILES string of the molecule is C[Si](C)(C)CCOCOC(CC(O)(Cc1ccccc1)C(=O)O)[C@@H](N)Cc1ccccc1. The van der Waals surface area contributed by atoms with Gasteiger partial charge in [0.15, 0.2) is 5.60 Å². The Labute approximate surface area is 192 Å². The standard InChI is InChI=1S/C25H37NO5Si/c1-32(2,3)15-14-30-19-31-23(22(26)16-20-10-6-4-7-11-20)18-25(29,24(27)28)17-21-12-8-5-9-13-21/h4-13,22-23,29H,14-19,26H2,1-3H3,(H,27,28)/t22-,23?,25?/m0/s1. The topological polar surface area (TPSA) is 102 Å². The van der Waals surface area contributed by atoms with Crippen LogP contribution in [0.25, 0.3) is 0 Å². The van der Waals surface area contributed by atoms with Crippen molar-refractivity contribution in [3.63, 3.8) is 0 Å². The second-order valence-corrected chi connectivity index (χ2v) is 15.2. The minimum Gasteiger partial charge on any atom is -0.479 e. The lowest BCUT2D eigenvalue weighted by atomic mass is 9.86. The van der Waals surface area contributed by atoms with Gasteiger partial charge in [-0.25, -0.2) is 4.79 Å². The van der Waals surface area contributed by atoms with Gasteiger partial charge in [0.05, 0.1) is 6.10 Å². The van der Waals surface area contributed by atoms with Gasteiger partial charge >= 0.3 is 5.97 Å². The van der Waals surface area contributed by atoms with E-state index in [1.165, 1.54) is 0 Å². The van der Waals surface area contributed by atoms with Crippen LogP contribution in [0.15, 0.2) is 60.7 Å². The van der Waals surface area contributed by atoms with Gasteiger partial charge in [0, 0.05) is 33.6 Å². The molecule has 0 saturated heterocycles. The normalized spacial score (nSPS) is 15.7. The Morgan fingerprint density at radius 1 is 1.03 bits per heavy atom. The zero-order valence-electron chi connectivity index (χ0n) is 19.4. The van der Waals surface area contributed by atoms with Crippen molar-refractivity contribution in [3.05, 3.63) is 71.8 Å². The maximum atomic E-state index is 12.1. The first kappa shape index (κ1) is 26.2. The number of rotatable bonds is 14. The van der Waals surface area contributed by atoms with Crippen LogP contribution in [0.1, 0.15) is 17.5 Å². The van der Waals surface area contributed by atoms with Crippen LogP contribution in [-0.4, -0.2) is 55.4 Å². The molecule has 0 saturated carbocycles. The van der Waals surface area contributed by atoms with Crippen LogP contribution in [0.2, 0.25) is 25.7 Å². The summed E-state index contributed by atoms with van der Waals surface area (Å²) in [4.78, 5) is 12.1. The number of nitrogens with two attached hydrogens (primary N) is 1. The van der Waals surface area contributed by atoms with Gasteiger partial charge in [-0.15, -0.1) is 0 Å². The number of aliphatic hydroxyl groups is 1. The van der Waals surface area contributed by atoms with Gasteiger partial charge in [-0.1, -0.05) is 80.3 Å². The van der Waals surface area contributed by atoms with Gasteiger partial charge < -0.3 is 25.4 Å². The van der Waals surface area contributed by atoms with Crippen molar-refractivity contribution in [2.75, 3.05) is 13.4 Å². The fourth-order valence-electron chi connectivity index (χ4n) is 3.43. The first-order chi connectivity index (χ1) is 15.1. The highest BCUT2D eigenvalue weighted by atomic mass is 28.3. The Hall–Kier alpha value is -2.03. The van der Waals surface area contributed by atoms with Crippen molar-refractivity contribution in [2.24, 2.45) is 5.73 Å². The van der Waals surface area contributed by atoms with E-state index < -0.39 is 31.8 Å². The molecule has 3 atom stereocenters. The first-order valence-electron chi connectivity index (χ1n) is 11.1. The third-order valence-electron chi connectivity index (χ3n) is 5.43. The fourth-order valence-corrected chi connectivity index (χ4v) is 4.18. The largest absolute Gasteiger partial charge is 0.479 e. The van der Waals surface area contributed by atoms with Crippen LogP contribution in [0, 0.1) is 0 Å². The van der Waals surface area contributed by atoms with Gasteiger partial charge in [0.1, 0.15) is 6.79 Å². The van der Waals surface area contributed by atoms with E-state index in [0.717, 1.165) is 17.2 Å². The third kappa shape index (κ3) is 9.22. The van der Waals surface area contributed by atoms with E-state index in [4.69, 9.17) is 15.2 Å². The molecule has 0 radical (unpaired) electrons. The molecule has 0 aliphatic rings. The van der Waals surface area contributed by atoms with E-state index in [0.29, 0.717) is 13.0 Å². The van der Waals surface area contributed by atoms with Gasteiger partial charge in [-0.2, -0.15) is 0 Å². The predicted octanol–water partition coefficient (Wildman–Crippen LogP) is 3.70. The Morgan fingerprint density at radius 2 is 1.59 bits per heavy atom. The van der Waals surface area contributed by atoms with E-state index in [1.807, 2.05) is 48.5 Å². The monoisotopic (exact) mass is 459 g/mol. The van der Waals surface area contributed by atoms with E-state index >= 15 is 0 Å². The maximum Gasteiger partial charge on any atom is 0.336 e. The molecule has 32 heavy (non-hydrogen) atoms. The number of carboxylic acid groups (broad SMARTS) is 1. The number of hydrogen-bond donors (Lipinski definition) is 3. The summed E-state index contributed by atoms with van der Waals surface area (Å²) in [6, 6.07) is 19.3. The molecular weight excluding hydrogens is 422 g/mol. The van der Waals surface area contributed by atoms with Crippen molar-refractivity contribution in [2.45, 2.75) is 62.7 Å². The summed E-state index contributed by atoms with van der Waals surface area (Å²) in [5.41, 5.74) is 6.21. The summed E-state index contributed by atoms with van der Waals surface area (Å²) in [5, 5.41) is 20.9. The van der Waals surface area contributed by atoms with Crippen molar-refractivity contribution < 1.29 is 24.5 Å². The molecule has 2 aromatic rings. The Kier molecular flexibility index (Phi) is 10.1. The fraction of sp³-hybridized carbons (Fsp3) is 0.480. The molecule has 2 rings (SSSR count). The molecule has 7 heteroatoms. The third-order valence-corrected chi connectivity index (χ3v) is 7.13. The highest BCUT2D eigenvalue weighted by Gasteiger charge is 2.40. The molecule has 0 heterocycles. The van der Waals surface area contributed by atoms with Gasteiger partial charge in [-0.05, 0) is 23.6 Å². The van der Waals surface area contributed by atoms with Crippen LogP contribution >= 0.6 is 0 Å². The molecule has 2 aromatic carbocycles. The lowest BCUT2D eigenvalue weighted by molar-refractivity contribution is -0.167. The summed E-state index contributed by atoms with van der Waals surface area (Å²) < 4.78 is 11.6. The molecule has 0 bridgehead atoms. The van der Waals surface area contributed by atoms with Crippen molar-refractivity contribution in [3.8, 4) is 0 Å². The van der Waals surface area contributed by atoms with Crippen LogP contribution < -0.4 is 5.73 Å². The lowest BCUT2D eigenvalue weighted by Crippen LogP contribution is -2.50. The van der Waals surface area contributed by atoms with Crippen molar-refractivity contribution in [1.82, 2.24) is 0 Å². The summed E-state index contributed by atoms with van der Waals surface area (Å²) in [7, 11) is -1.23. The van der Waals surface area contributed by atoms with E-state index in [1.54, 1.807) is 12.1 Å². The maximum absolute atomic E-state index is 12.1. The van der Waals surface area contributed by atoms with Crippen molar-refractivity contribution >= 4 is 14.0 Å². The minimum atomic E-state index is -2.00. The molecule has 0 amide bonds. The molecular formula is C25H37NO5Si. The summed E-state index contributed by atoms with van der Waals surface area (Å²) in [6.07, 6.45) is -0.353. The lowest BCUT2D eigenvalue weighted by Gasteiger charge is -2.32. The van der Waals surface area contributed by atoms with E-state index in [9.17, 15) is 15.0 Å². The Balaban J connectivity index is 2.10. The number of carboxylic acids is 1. The highest BCUT2D eigenvalue weighted by Crippen LogP contribution is 2.24. The molecule has 0 aliphatic heterocycles. The Morgan fingerprint density at radius 3 is 2.12 bits per heavy atom. The van der Waals surface area contributed by atoms with Gasteiger partial charge in [0.2, 0.25) is 0 Å². The number of ether oxygens (including phenoxy) is 2. The van der Waals surface area contributed by atoms with Crippen molar-refractivity contribution in [1.29, 1.82) is 0 Å². The van der Waals surface area contributed by atoms with Crippen LogP contribution in [-0.2, 0) is 27.1 Å². The van der Waals surface area contributed by atoms with Crippen LogP contribution in [0.5, 0.6) is 0 Å². The molecule has 0 aromatic heterocycles. The average Bonchev–Trinajstić information content (AvgIpc) is 2.73. The Bertz CT molecular complexity index is 812. The smallest absolute Gasteiger partial charge is 0.336 e. The van der Waals surface area contributed by atoms with Gasteiger partial charge in [-0.3, -0.25) is 0 Å². The number of carbonyl (C=O) groups is 1. The molecule has 0 fully saturated rings. The predicted molar refractivity (Wildman–Crippen MR) is 129 cm³/mol. The second kappa shape index (κ2) is 12.3. The van der Waals surface area contributed by atoms with Gasteiger partial charge in [0.25, 0.3) is 0 Å². The quantitative estimate of drug-likeness (QED) is 0.226. The number of hydrogen-bond acceptors (Lipinski definition) is 5. The minimum absolute atomic E-state index is 0.0126. The van der Waals surface area contributed by atoms with E-state index in [-0.39, 0.29) is 19.6 Å². The zero-order chi connectivity index (χ0) is 23.6. The molecule has 0 aliphatic carbocycles. The van der Waals surface area contributed by atoms with Crippen LogP contribution in [0.3, 0.4) is 0 Å². The van der Waals surface area contributed by atoms with E-state index in [2.05, 4.69) is 19.6 Å². The average molecular weight is 460 g/mol. The number of aliphatic carboxylic acids is 1. The molecule has 6 nitrogen and oxygen atoms in total. The molecule has 2 unspecified atom stereocenters. The number of benzene rings is 2. The first-order valence-corrected chi connectivity index (χ1v) is 14.8. The highest BCUT2D eigenvalue weighted by molar-refractivity contribution is 6.76. The second-order valence-electron chi connectivity index (χ2n) is 9.60. The summed E-state index contributed by atoms with van der Waals surface area (Å²) in [6.45, 7) is 7.41. The molecule has 176 valence electrons. The summed E-state index contributed by atoms with van der Waals surface area (Å²) in [5.74, 6) is -1.29.